The maximum absolute atomic E-state index is 12.7. The molecule has 1 atom stereocenters. The van der Waals surface area contributed by atoms with Crippen molar-refractivity contribution in [2.45, 2.75) is 65.5 Å². The van der Waals surface area contributed by atoms with Crippen LogP contribution in [0.5, 0.6) is 0 Å². The Morgan fingerprint density at radius 2 is 2.00 bits per heavy atom. The lowest BCUT2D eigenvalue weighted by atomic mass is 10.0. The first-order valence-electron chi connectivity index (χ1n) is 10.5. The fourth-order valence-electron chi connectivity index (χ4n) is 3.68. The summed E-state index contributed by atoms with van der Waals surface area (Å²) in [4.78, 5) is 25.3. The quantitative estimate of drug-likeness (QED) is 0.751. The summed E-state index contributed by atoms with van der Waals surface area (Å²) in [6.07, 6.45) is 5.13. The standard InChI is InChI=1S/C22H31N5O2/c1-15(2)20(24-21(28)17-9-7-8-16(3)14-17)22(29)23-12-11-19-26-25-18-10-5-4-6-13-27(18)19/h7-9,14-15,20H,4-6,10-13H2,1-3H3,(H,23,29)(H,24,28). The molecule has 2 heterocycles. The second-order valence-electron chi connectivity index (χ2n) is 8.10. The van der Waals surface area contributed by atoms with Gasteiger partial charge in [-0.15, -0.1) is 10.2 Å². The van der Waals surface area contributed by atoms with E-state index in [1.807, 2.05) is 39.0 Å². The number of fused-ring (bicyclic) bond motifs is 1. The fourth-order valence-corrected chi connectivity index (χ4v) is 3.68. The van der Waals surface area contributed by atoms with Gasteiger partial charge >= 0.3 is 0 Å². The van der Waals surface area contributed by atoms with Gasteiger partial charge in [0.15, 0.2) is 0 Å². The van der Waals surface area contributed by atoms with E-state index in [9.17, 15) is 9.59 Å². The minimum absolute atomic E-state index is 0.0203. The molecular weight excluding hydrogens is 366 g/mol. The molecule has 0 spiro atoms. The Morgan fingerprint density at radius 3 is 2.76 bits per heavy atom. The summed E-state index contributed by atoms with van der Waals surface area (Å²) in [6.45, 7) is 7.22. The first-order chi connectivity index (χ1) is 14.0. The van der Waals surface area contributed by atoms with Crippen molar-refractivity contribution in [2.24, 2.45) is 5.92 Å². The molecule has 7 nitrogen and oxygen atoms in total. The Hall–Kier alpha value is -2.70. The van der Waals surface area contributed by atoms with Gasteiger partial charge in [0.05, 0.1) is 0 Å². The Morgan fingerprint density at radius 1 is 1.17 bits per heavy atom. The molecule has 0 fully saturated rings. The second-order valence-corrected chi connectivity index (χ2v) is 8.10. The van der Waals surface area contributed by atoms with Crippen LogP contribution in [0.2, 0.25) is 0 Å². The first-order valence-corrected chi connectivity index (χ1v) is 10.5. The summed E-state index contributed by atoms with van der Waals surface area (Å²) in [7, 11) is 0. The topological polar surface area (TPSA) is 88.9 Å². The zero-order chi connectivity index (χ0) is 20.8. The van der Waals surface area contributed by atoms with Gasteiger partial charge in [-0.25, -0.2) is 0 Å². The minimum Gasteiger partial charge on any atom is -0.354 e. The molecule has 3 rings (SSSR count). The van der Waals surface area contributed by atoms with Gasteiger partial charge in [0, 0.05) is 31.5 Å². The van der Waals surface area contributed by atoms with Gasteiger partial charge in [0.25, 0.3) is 5.91 Å². The lowest BCUT2D eigenvalue weighted by Crippen LogP contribution is -2.50. The number of carbonyl (C=O) groups is 2. The van der Waals surface area contributed by atoms with Crippen LogP contribution in [0.25, 0.3) is 0 Å². The van der Waals surface area contributed by atoms with E-state index in [0.29, 0.717) is 18.5 Å². The van der Waals surface area contributed by atoms with E-state index in [1.54, 1.807) is 6.07 Å². The average molecular weight is 398 g/mol. The molecule has 0 radical (unpaired) electrons. The molecule has 2 N–H and O–H groups in total. The van der Waals surface area contributed by atoms with Crippen LogP contribution in [-0.4, -0.2) is 39.2 Å². The Bertz CT molecular complexity index is 859. The fraction of sp³-hybridized carbons (Fsp3) is 0.545. The monoisotopic (exact) mass is 397 g/mol. The van der Waals surface area contributed by atoms with Crippen molar-refractivity contribution in [1.29, 1.82) is 0 Å². The second kappa shape index (κ2) is 9.67. The van der Waals surface area contributed by atoms with E-state index in [2.05, 4.69) is 25.4 Å². The molecule has 0 saturated carbocycles. The zero-order valence-electron chi connectivity index (χ0n) is 17.6. The first kappa shape index (κ1) is 21.0. The zero-order valence-corrected chi connectivity index (χ0v) is 17.6. The molecule has 156 valence electrons. The maximum atomic E-state index is 12.7. The molecule has 2 amide bonds. The lowest BCUT2D eigenvalue weighted by Gasteiger charge is -2.22. The Labute approximate surface area is 172 Å². The van der Waals surface area contributed by atoms with E-state index in [1.165, 1.54) is 6.42 Å². The summed E-state index contributed by atoms with van der Waals surface area (Å²) < 4.78 is 2.19. The predicted octanol–water partition coefficient (Wildman–Crippen LogP) is 2.43. The number of hydrogen-bond donors (Lipinski definition) is 2. The van der Waals surface area contributed by atoms with Gasteiger partial charge in [0.2, 0.25) is 5.91 Å². The smallest absolute Gasteiger partial charge is 0.251 e. The van der Waals surface area contributed by atoms with Crippen LogP contribution in [0.3, 0.4) is 0 Å². The molecule has 0 bridgehead atoms. The van der Waals surface area contributed by atoms with Crippen molar-refractivity contribution in [3.05, 3.63) is 47.0 Å². The molecule has 1 aromatic heterocycles. The highest BCUT2D eigenvalue weighted by molar-refractivity contribution is 5.97. The third-order valence-corrected chi connectivity index (χ3v) is 5.35. The molecular formula is C22H31N5O2. The van der Waals surface area contributed by atoms with Crippen LogP contribution in [0.1, 0.15) is 60.7 Å². The van der Waals surface area contributed by atoms with Crippen LogP contribution < -0.4 is 10.6 Å². The summed E-state index contributed by atoms with van der Waals surface area (Å²) in [6, 6.07) is 6.78. The Balaban J connectivity index is 1.56. The molecule has 0 aliphatic carbocycles. The van der Waals surface area contributed by atoms with Crippen LogP contribution in [0.4, 0.5) is 0 Å². The molecule has 0 saturated heterocycles. The molecule has 7 heteroatoms. The van der Waals surface area contributed by atoms with Gasteiger partial charge < -0.3 is 15.2 Å². The van der Waals surface area contributed by atoms with E-state index < -0.39 is 6.04 Å². The molecule has 29 heavy (non-hydrogen) atoms. The van der Waals surface area contributed by atoms with E-state index in [4.69, 9.17) is 0 Å². The number of hydrogen-bond acceptors (Lipinski definition) is 4. The minimum atomic E-state index is -0.585. The van der Waals surface area contributed by atoms with E-state index in [0.717, 1.165) is 43.0 Å². The summed E-state index contributed by atoms with van der Waals surface area (Å²) >= 11 is 0. The van der Waals surface area contributed by atoms with Crippen LogP contribution >= 0.6 is 0 Å². The number of rotatable bonds is 7. The predicted molar refractivity (Wildman–Crippen MR) is 112 cm³/mol. The largest absolute Gasteiger partial charge is 0.354 e. The molecule has 1 aliphatic rings. The maximum Gasteiger partial charge on any atom is 0.251 e. The van der Waals surface area contributed by atoms with Crippen molar-refractivity contribution >= 4 is 11.8 Å². The van der Waals surface area contributed by atoms with Gasteiger partial charge in [-0.3, -0.25) is 9.59 Å². The van der Waals surface area contributed by atoms with Crippen molar-refractivity contribution in [3.8, 4) is 0 Å². The van der Waals surface area contributed by atoms with E-state index >= 15 is 0 Å². The highest BCUT2D eigenvalue weighted by atomic mass is 16.2. The van der Waals surface area contributed by atoms with Crippen molar-refractivity contribution in [3.63, 3.8) is 0 Å². The van der Waals surface area contributed by atoms with Gasteiger partial charge in [-0.2, -0.15) is 0 Å². The van der Waals surface area contributed by atoms with Gasteiger partial charge in [-0.1, -0.05) is 38.0 Å². The highest BCUT2D eigenvalue weighted by Crippen LogP contribution is 2.14. The molecule has 2 aromatic rings. The SMILES string of the molecule is Cc1cccc(C(=O)NC(C(=O)NCCc2nnc3n2CCCCC3)C(C)C)c1. The molecule has 1 aliphatic heterocycles. The highest BCUT2D eigenvalue weighted by Gasteiger charge is 2.24. The number of carbonyl (C=O) groups excluding carboxylic acids is 2. The van der Waals surface area contributed by atoms with Crippen molar-refractivity contribution in [2.75, 3.05) is 6.54 Å². The van der Waals surface area contributed by atoms with Crippen LogP contribution in [-0.2, 0) is 24.2 Å². The third-order valence-electron chi connectivity index (χ3n) is 5.35. The number of amides is 2. The average Bonchev–Trinajstić information content (AvgIpc) is 2.92. The van der Waals surface area contributed by atoms with Crippen LogP contribution in [0.15, 0.2) is 24.3 Å². The molecule has 1 unspecified atom stereocenters. The van der Waals surface area contributed by atoms with Crippen LogP contribution in [0, 0.1) is 12.8 Å². The van der Waals surface area contributed by atoms with Crippen molar-refractivity contribution < 1.29 is 9.59 Å². The number of aromatic nitrogens is 3. The lowest BCUT2D eigenvalue weighted by molar-refractivity contribution is -0.123. The van der Waals surface area contributed by atoms with Crippen molar-refractivity contribution in [1.82, 2.24) is 25.4 Å². The number of nitrogens with zero attached hydrogens (tertiary/aromatic N) is 3. The summed E-state index contributed by atoms with van der Waals surface area (Å²) in [5.74, 6) is 1.55. The van der Waals surface area contributed by atoms with Gasteiger partial charge in [-0.05, 0) is 37.8 Å². The molecule has 1 aromatic carbocycles. The van der Waals surface area contributed by atoms with E-state index in [-0.39, 0.29) is 17.7 Å². The van der Waals surface area contributed by atoms with Gasteiger partial charge in [0.1, 0.15) is 17.7 Å². The third kappa shape index (κ3) is 5.43. The number of benzene rings is 1. The summed E-state index contributed by atoms with van der Waals surface area (Å²) in [5, 5.41) is 14.4. The number of aryl methyl sites for hydroxylation is 2. The Kier molecular flexibility index (Phi) is 7.01. The normalized spacial score (nSPS) is 14.8. The number of nitrogens with one attached hydrogen (secondary N) is 2. The summed E-state index contributed by atoms with van der Waals surface area (Å²) in [5.41, 5.74) is 1.57.